The van der Waals surface area contributed by atoms with Crippen molar-refractivity contribution in [1.82, 2.24) is 0 Å². The number of ether oxygens (including phenoxy) is 1. The molecule has 1 unspecified atom stereocenters. The van der Waals surface area contributed by atoms with Gasteiger partial charge in [-0.25, -0.2) is 0 Å². The van der Waals surface area contributed by atoms with E-state index < -0.39 is 0 Å². The largest absolute Gasteiger partial charge is 0.466 e. The molecule has 0 saturated carbocycles. The van der Waals surface area contributed by atoms with Gasteiger partial charge in [-0.1, -0.05) is 6.92 Å². The van der Waals surface area contributed by atoms with Gasteiger partial charge in [-0.05, 0) is 12.8 Å². The van der Waals surface area contributed by atoms with Crippen molar-refractivity contribution in [3.05, 3.63) is 0 Å². The molecule has 3 heteroatoms. The topological polar surface area (TPSA) is 46.5 Å². The van der Waals surface area contributed by atoms with Crippen molar-refractivity contribution in [3.8, 4) is 11.8 Å². The van der Waals surface area contributed by atoms with Crippen molar-refractivity contribution < 1.29 is 14.6 Å². The van der Waals surface area contributed by atoms with E-state index >= 15 is 0 Å². The summed E-state index contributed by atoms with van der Waals surface area (Å²) in [5.41, 5.74) is 0. The van der Waals surface area contributed by atoms with Crippen molar-refractivity contribution >= 4 is 5.97 Å². The van der Waals surface area contributed by atoms with Gasteiger partial charge in [0.15, 0.2) is 0 Å². The van der Waals surface area contributed by atoms with Crippen molar-refractivity contribution in [2.45, 2.75) is 45.6 Å². The molecule has 1 N–H and O–H groups in total. The Balaban J connectivity index is 3.30. The van der Waals surface area contributed by atoms with Crippen LogP contribution in [0.5, 0.6) is 0 Å². The Morgan fingerprint density at radius 2 is 2.21 bits per heavy atom. The molecule has 0 aromatic heterocycles. The number of hydrogen-bond acceptors (Lipinski definition) is 3. The second kappa shape index (κ2) is 8.58. The summed E-state index contributed by atoms with van der Waals surface area (Å²) in [5.74, 6) is 5.56. The lowest BCUT2D eigenvalue weighted by Gasteiger charge is -1.99. The summed E-state index contributed by atoms with van der Waals surface area (Å²) in [7, 11) is 0. The number of aliphatic hydroxyl groups is 1. The van der Waals surface area contributed by atoms with Crippen LogP contribution in [0.1, 0.15) is 39.5 Å². The number of esters is 1. The fourth-order valence-corrected chi connectivity index (χ4v) is 0.799. The van der Waals surface area contributed by atoms with Gasteiger partial charge in [-0.2, -0.15) is 0 Å². The highest BCUT2D eigenvalue weighted by Gasteiger charge is 1.95. The first-order valence-electron chi connectivity index (χ1n) is 4.94. The van der Waals surface area contributed by atoms with E-state index in [4.69, 9.17) is 9.84 Å². The van der Waals surface area contributed by atoms with Gasteiger partial charge in [0, 0.05) is 19.8 Å². The average molecular weight is 198 g/mol. The number of carbonyl (C=O) groups excluding carboxylic acids is 1. The number of rotatable bonds is 5. The Labute approximate surface area is 85.5 Å². The molecule has 0 aliphatic heterocycles. The Morgan fingerprint density at radius 1 is 1.50 bits per heavy atom. The van der Waals surface area contributed by atoms with Crippen molar-refractivity contribution in [2.75, 3.05) is 6.61 Å². The van der Waals surface area contributed by atoms with Crippen LogP contribution in [-0.2, 0) is 9.53 Å². The van der Waals surface area contributed by atoms with Gasteiger partial charge in [0.2, 0.25) is 0 Å². The molecule has 3 nitrogen and oxygen atoms in total. The maximum absolute atomic E-state index is 10.4. The quantitative estimate of drug-likeness (QED) is 0.413. The zero-order valence-electron chi connectivity index (χ0n) is 8.88. The average Bonchev–Trinajstić information content (AvgIpc) is 2.15. The van der Waals surface area contributed by atoms with Crippen LogP contribution >= 0.6 is 0 Å². The Hall–Kier alpha value is -1.01. The smallest absolute Gasteiger partial charge is 0.302 e. The molecule has 0 spiro atoms. The minimum atomic E-state index is -0.309. The standard InChI is InChI=1S/C11H18O3/c1-3-11(13)8-6-4-5-7-9-14-10(2)12/h11,13H,3,5,7-9H2,1-2H3. The van der Waals surface area contributed by atoms with Gasteiger partial charge >= 0.3 is 5.97 Å². The van der Waals surface area contributed by atoms with Gasteiger partial charge in [0.25, 0.3) is 0 Å². The fraction of sp³-hybridized carbons (Fsp3) is 0.727. The maximum Gasteiger partial charge on any atom is 0.302 e. The molecule has 0 aromatic carbocycles. The third kappa shape index (κ3) is 9.08. The first-order valence-corrected chi connectivity index (χ1v) is 4.94. The summed E-state index contributed by atoms with van der Waals surface area (Å²) in [5, 5.41) is 9.16. The normalized spacial score (nSPS) is 11.4. The first-order chi connectivity index (χ1) is 6.66. The number of hydrogen-bond donors (Lipinski definition) is 1. The van der Waals surface area contributed by atoms with Gasteiger partial charge in [-0.3, -0.25) is 4.79 Å². The maximum atomic E-state index is 10.4. The van der Waals surface area contributed by atoms with E-state index in [1.165, 1.54) is 6.92 Å². The summed E-state index contributed by atoms with van der Waals surface area (Å²) in [6.07, 6.45) is 2.43. The molecule has 0 aromatic rings. The predicted octanol–water partition coefficient (Wildman–Crippen LogP) is 1.49. The third-order valence-corrected chi connectivity index (χ3v) is 1.69. The Bertz CT molecular complexity index is 212. The zero-order chi connectivity index (χ0) is 10.8. The van der Waals surface area contributed by atoms with Crippen LogP contribution in [0.25, 0.3) is 0 Å². The fourth-order valence-electron chi connectivity index (χ4n) is 0.799. The minimum Gasteiger partial charge on any atom is -0.466 e. The SMILES string of the molecule is CCC(O)CC#CCCCOC(C)=O. The highest BCUT2D eigenvalue weighted by atomic mass is 16.5. The van der Waals surface area contributed by atoms with Gasteiger partial charge in [-0.15, -0.1) is 11.8 Å². The molecule has 0 aliphatic rings. The molecule has 80 valence electrons. The van der Waals surface area contributed by atoms with Crippen LogP contribution in [0.2, 0.25) is 0 Å². The molecule has 0 radical (unpaired) electrons. The highest BCUT2D eigenvalue weighted by Crippen LogP contribution is 1.95. The van der Waals surface area contributed by atoms with Crippen LogP contribution < -0.4 is 0 Å². The van der Waals surface area contributed by atoms with E-state index in [0.717, 1.165) is 12.8 Å². The van der Waals surface area contributed by atoms with E-state index in [1.54, 1.807) is 0 Å². The summed E-state index contributed by atoms with van der Waals surface area (Å²) in [6, 6.07) is 0. The van der Waals surface area contributed by atoms with Crippen LogP contribution in [0.15, 0.2) is 0 Å². The molecule has 0 heterocycles. The lowest BCUT2D eigenvalue weighted by molar-refractivity contribution is -0.141. The molecule has 0 amide bonds. The van der Waals surface area contributed by atoms with Gasteiger partial charge in [0.1, 0.15) is 0 Å². The zero-order valence-corrected chi connectivity index (χ0v) is 8.88. The van der Waals surface area contributed by atoms with Crippen LogP contribution in [0.3, 0.4) is 0 Å². The van der Waals surface area contributed by atoms with Crippen LogP contribution in [0.4, 0.5) is 0 Å². The second-order valence-corrected chi connectivity index (χ2v) is 3.06. The lowest BCUT2D eigenvalue weighted by atomic mass is 10.2. The summed E-state index contributed by atoms with van der Waals surface area (Å²) in [4.78, 5) is 10.4. The van der Waals surface area contributed by atoms with Crippen molar-refractivity contribution in [1.29, 1.82) is 0 Å². The summed E-state index contributed by atoms with van der Waals surface area (Å²) in [6.45, 7) is 3.75. The molecule has 0 rings (SSSR count). The van der Waals surface area contributed by atoms with Crippen LogP contribution in [-0.4, -0.2) is 23.8 Å². The molecular weight excluding hydrogens is 180 g/mol. The number of unbranched alkanes of at least 4 members (excludes halogenated alkanes) is 1. The monoisotopic (exact) mass is 198 g/mol. The third-order valence-electron chi connectivity index (χ3n) is 1.69. The first kappa shape index (κ1) is 13.0. The van der Waals surface area contributed by atoms with E-state index in [0.29, 0.717) is 19.4 Å². The summed E-state index contributed by atoms with van der Waals surface area (Å²) < 4.78 is 4.73. The second-order valence-electron chi connectivity index (χ2n) is 3.06. The van der Waals surface area contributed by atoms with E-state index in [9.17, 15) is 4.79 Å². The van der Waals surface area contributed by atoms with Gasteiger partial charge in [0.05, 0.1) is 12.7 Å². The molecular formula is C11H18O3. The van der Waals surface area contributed by atoms with E-state index in [-0.39, 0.29) is 12.1 Å². The molecule has 14 heavy (non-hydrogen) atoms. The highest BCUT2D eigenvalue weighted by molar-refractivity contribution is 5.65. The Kier molecular flexibility index (Phi) is 7.96. The van der Waals surface area contributed by atoms with Crippen molar-refractivity contribution in [3.63, 3.8) is 0 Å². The summed E-state index contributed by atoms with van der Waals surface area (Å²) >= 11 is 0. The number of aliphatic hydroxyl groups excluding tert-OH is 1. The molecule has 0 fully saturated rings. The minimum absolute atomic E-state index is 0.251. The molecule has 1 atom stereocenters. The van der Waals surface area contributed by atoms with Crippen LogP contribution in [0, 0.1) is 11.8 Å². The Morgan fingerprint density at radius 3 is 2.79 bits per heavy atom. The van der Waals surface area contributed by atoms with E-state index in [1.807, 2.05) is 6.92 Å². The number of carbonyl (C=O) groups is 1. The molecule has 0 bridgehead atoms. The van der Waals surface area contributed by atoms with E-state index in [2.05, 4.69) is 11.8 Å². The van der Waals surface area contributed by atoms with Crippen molar-refractivity contribution in [2.24, 2.45) is 0 Å². The molecule has 0 aliphatic carbocycles. The molecule has 0 saturated heterocycles. The predicted molar refractivity (Wildman–Crippen MR) is 54.6 cm³/mol. The van der Waals surface area contributed by atoms with Gasteiger partial charge < -0.3 is 9.84 Å². The lowest BCUT2D eigenvalue weighted by Crippen LogP contribution is -2.01.